The summed E-state index contributed by atoms with van der Waals surface area (Å²) in [6, 6.07) is 10.7. The van der Waals surface area contributed by atoms with Gasteiger partial charge in [0.15, 0.2) is 5.75 Å². The van der Waals surface area contributed by atoms with Gasteiger partial charge in [-0.15, -0.1) is 0 Å². The number of fused-ring (bicyclic) bond motifs is 1. The van der Waals surface area contributed by atoms with E-state index in [-0.39, 0.29) is 5.75 Å². The van der Waals surface area contributed by atoms with Crippen molar-refractivity contribution in [2.24, 2.45) is 0 Å². The molecule has 0 amide bonds. The molecule has 2 heteroatoms. The first-order valence-electron chi connectivity index (χ1n) is 4.05. The molecule has 2 nitrogen and oxygen atoms in total. The lowest BCUT2D eigenvalue weighted by atomic mass is 10.1. The van der Waals surface area contributed by atoms with Crippen molar-refractivity contribution >= 4 is 10.8 Å². The number of benzene rings is 2. The van der Waals surface area contributed by atoms with Crippen molar-refractivity contribution in [3.05, 3.63) is 36.4 Å². The molecule has 0 aromatic heterocycles. The molecule has 0 aliphatic carbocycles. The molecule has 2 aromatic carbocycles. The molecule has 0 aliphatic heterocycles. The predicted molar refractivity (Wildman–Crippen MR) is 50.6 cm³/mol. The molecule has 1 radical (unpaired) electrons. The summed E-state index contributed by atoms with van der Waals surface area (Å²) in [6.45, 7) is 0. The van der Waals surface area contributed by atoms with Gasteiger partial charge in [0.25, 0.3) is 0 Å². The molecule has 2 aromatic rings. The fraction of sp³-hybridized carbons (Fsp3) is 0.0909. The van der Waals surface area contributed by atoms with E-state index in [1.165, 1.54) is 0 Å². The minimum atomic E-state index is 0.0557. The first-order chi connectivity index (χ1) is 6.31. The third-order valence-electron chi connectivity index (χ3n) is 2.05. The molecule has 65 valence electrons. The van der Waals surface area contributed by atoms with Crippen LogP contribution in [0.5, 0.6) is 11.5 Å². The maximum absolute atomic E-state index is 11.3. The lowest BCUT2D eigenvalue weighted by Crippen LogP contribution is -1.81. The van der Waals surface area contributed by atoms with Gasteiger partial charge in [-0.2, -0.15) is 0 Å². The molecular weight excluding hydrogens is 164 g/mol. The van der Waals surface area contributed by atoms with E-state index in [1.807, 2.05) is 12.1 Å². The van der Waals surface area contributed by atoms with Crippen LogP contribution in [0.2, 0.25) is 0 Å². The van der Waals surface area contributed by atoms with E-state index < -0.39 is 0 Å². The van der Waals surface area contributed by atoms with E-state index in [2.05, 4.69) is 0 Å². The average Bonchev–Trinajstić information content (AvgIpc) is 2.18. The Morgan fingerprint density at radius 1 is 1.15 bits per heavy atom. The Bertz CT molecular complexity index is 435. The number of rotatable bonds is 1. The Morgan fingerprint density at radius 3 is 2.77 bits per heavy atom. The average molecular weight is 173 g/mol. The van der Waals surface area contributed by atoms with E-state index >= 15 is 0 Å². The second-order valence-corrected chi connectivity index (χ2v) is 2.84. The highest BCUT2D eigenvalue weighted by Gasteiger charge is 2.00. The van der Waals surface area contributed by atoms with Crippen LogP contribution >= 0.6 is 0 Å². The third-order valence-corrected chi connectivity index (χ3v) is 2.05. The topological polar surface area (TPSA) is 29.1 Å². The molecule has 0 heterocycles. The number of hydrogen-bond donors (Lipinski definition) is 0. The standard InChI is InChI=1S/C11H9O2/c1-13-9-5-6-10-8(7-9)3-2-4-11(10)12/h2-7H,1H3. The Hall–Kier alpha value is -1.70. The molecule has 13 heavy (non-hydrogen) atoms. The fourth-order valence-corrected chi connectivity index (χ4v) is 1.36. The van der Waals surface area contributed by atoms with Crippen molar-refractivity contribution in [1.82, 2.24) is 0 Å². The van der Waals surface area contributed by atoms with E-state index in [9.17, 15) is 5.11 Å². The maximum atomic E-state index is 11.3. The summed E-state index contributed by atoms with van der Waals surface area (Å²) in [4.78, 5) is 0. The highest BCUT2D eigenvalue weighted by atomic mass is 16.5. The quantitative estimate of drug-likeness (QED) is 0.651. The van der Waals surface area contributed by atoms with E-state index in [0.717, 1.165) is 16.5 Å². The zero-order valence-electron chi connectivity index (χ0n) is 7.28. The number of hydrogen-bond acceptors (Lipinski definition) is 1. The van der Waals surface area contributed by atoms with E-state index in [1.54, 1.807) is 31.4 Å². The van der Waals surface area contributed by atoms with Gasteiger partial charge in [0.1, 0.15) is 5.75 Å². The van der Waals surface area contributed by atoms with Crippen LogP contribution in [0.1, 0.15) is 0 Å². The summed E-state index contributed by atoms with van der Waals surface area (Å²) >= 11 is 0. The van der Waals surface area contributed by atoms with Crippen molar-refractivity contribution in [3.63, 3.8) is 0 Å². The number of methoxy groups -OCH3 is 1. The first-order valence-corrected chi connectivity index (χ1v) is 4.05. The van der Waals surface area contributed by atoms with Gasteiger partial charge in [-0.25, -0.2) is 0 Å². The van der Waals surface area contributed by atoms with Gasteiger partial charge in [-0.1, -0.05) is 12.1 Å². The summed E-state index contributed by atoms with van der Waals surface area (Å²) in [7, 11) is 1.61. The van der Waals surface area contributed by atoms with Gasteiger partial charge in [0.05, 0.1) is 7.11 Å². The van der Waals surface area contributed by atoms with Crippen LogP contribution in [0.4, 0.5) is 0 Å². The van der Waals surface area contributed by atoms with Gasteiger partial charge in [-0.3, -0.25) is 5.11 Å². The van der Waals surface area contributed by atoms with Crippen LogP contribution in [0.15, 0.2) is 36.4 Å². The minimum absolute atomic E-state index is 0.0557. The summed E-state index contributed by atoms with van der Waals surface area (Å²) in [5, 5.41) is 13.0. The lowest BCUT2D eigenvalue weighted by molar-refractivity contribution is 0.360. The Labute approximate surface area is 76.4 Å². The second kappa shape index (κ2) is 2.98. The monoisotopic (exact) mass is 173 g/mol. The smallest absolute Gasteiger partial charge is 0.186 e. The largest absolute Gasteiger partial charge is 0.497 e. The van der Waals surface area contributed by atoms with Crippen LogP contribution in [-0.4, -0.2) is 7.11 Å². The molecule has 0 aliphatic rings. The van der Waals surface area contributed by atoms with Crippen molar-refractivity contribution in [2.45, 2.75) is 0 Å². The highest BCUT2D eigenvalue weighted by Crippen LogP contribution is 2.27. The Morgan fingerprint density at radius 2 is 2.00 bits per heavy atom. The lowest BCUT2D eigenvalue weighted by Gasteiger charge is -2.01. The first kappa shape index (κ1) is 7.92. The molecule has 0 atom stereocenters. The molecule has 0 fully saturated rings. The van der Waals surface area contributed by atoms with Gasteiger partial charge in [-0.05, 0) is 29.7 Å². The second-order valence-electron chi connectivity index (χ2n) is 2.84. The van der Waals surface area contributed by atoms with Crippen molar-refractivity contribution in [1.29, 1.82) is 0 Å². The van der Waals surface area contributed by atoms with Crippen LogP contribution in [0.3, 0.4) is 0 Å². The van der Waals surface area contributed by atoms with Gasteiger partial charge in [0, 0.05) is 5.39 Å². The zero-order chi connectivity index (χ0) is 9.26. The predicted octanol–water partition coefficient (Wildman–Crippen LogP) is 2.99. The molecule has 0 saturated carbocycles. The van der Waals surface area contributed by atoms with Crippen LogP contribution in [-0.2, 0) is 5.11 Å². The molecule has 0 N–H and O–H groups in total. The molecule has 0 unspecified atom stereocenters. The van der Waals surface area contributed by atoms with Crippen LogP contribution < -0.4 is 4.74 Å². The summed E-state index contributed by atoms with van der Waals surface area (Å²) in [6.07, 6.45) is 0. The summed E-state index contributed by atoms with van der Waals surface area (Å²) in [5.41, 5.74) is 0. The number of ether oxygens (including phenoxy) is 1. The highest BCUT2D eigenvalue weighted by molar-refractivity contribution is 5.88. The van der Waals surface area contributed by atoms with Crippen LogP contribution in [0, 0.1) is 0 Å². The summed E-state index contributed by atoms with van der Waals surface area (Å²) in [5.74, 6) is 0.832. The zero-order valence-corrected chi connectivity index (χ0v) is 7.28. The Kier molecular flexibility index (Phi) is 1.81. The van der Waals surface area contributed by atoms with Crippen molar-refractivity contribution in [2.75, 3.05) is 7.11 Å². The van der Waals surface area contributed by atoms with Gasteiger partial charge in [0.2, 0.25) is 0 Å². The van der Waals surface area contributed by atoms with Crippen molar-refractivity contribution < 1.29 is 9.84 Å². The van der Waals surface area contributed by atoms with Gasteiger partial charge < -0.3 is 4.74 Å². The molecular formula is C11H9O2. The molecule has 0 saturated heterocycles. The Balaban J connectivity index is 2.72. The molecule has 0 bridgehead atoms. The minimum Gasteiger partial charge on any atom is -0.497 e. The third kappa shape index (κ3) is 1.31. The fourth-order valence-electron chi connectivity index (χ4n) is 1.36. The van der Waals surface area contributed by atoms with Crippen molar-refractivity contribution in [3.8, 4) is 11.5 Å². The van der Waals surface area contributed by atoms with E-state index in [4.69, 9.17) is 4.74 Å². The molecule has 0 spiro atoms. The van der Waals surface area contributed by atoms with E-state index in [0.29, 0.717) is 0 Å². The van der Waals surface area contributed by atoms with Crippen LogP contribution in [0.25, 0.3) is 10.8 Å². The molecule has 2 rings (SSSR count). The summed E-state index contributed by atoms with van der Waals surface area (Å²) < 4.78 is 5.06. The normalized spacial score (nSPS) is 10.2. The maximum Gasteiger partial charge on any atom is 0.186 e. The van der Waals surface area contributed by atoms with Gasteiger partial charge >= 0.3 is 0 Å². The SMILES string of the molecule is COc1ccc2c([O])cccc2c1.